The van der Waals surface area contributed by atoms with Gasteiger partial charge in [0.05, 0.1) is 25.1 Å². The van der Waals surface area contributed by atoms with E-state index in [1.807, 2.05) is 42.6 Å². The highest BCUT2D eigenvalue weighted by atomic mass is 16.5. The predicted octanol–water partition coefficient (Wildman–Crippen LogP) is 5.24. The fourth-order valence-corrected chi connectivity index (χ4v) is 4.88. The van der Waals surface area contributed by atoms with E-state index in [4.69, 9.17) is 14.0 Å². The maximum atomic E-state index is 13.6. The van der Waals surface area contributed by atoms with Gasteiger partial charge in [-0.2, -0.15) is 4.98 Å². The van der Waals surface area contributed by atoms with Crippen LogP contribution in [0.5, 0.6) is 11.5 Å². The molecule has 1 fully saturated rings. The molecule has 4 aromatic rings. The Morgan fingerprint density at radius 3 is 2.50 bits per heavy atom. The molecule has 0 aliphatic heterocycles. The van der Waals surface area contributed by atoms with Crippen molar-refractivity contribution in [3.8, 4) is 23.0 Å². The van der Waals surface area contributed by atoms with Crippen molar-refractivity contribution in [2.75, 3.05) is 14.2 Å². The summed E-state index contributed by atoms with van der Waals surface area (Å²) in [6.07, 6.45) is 8.59. The van der Waals surface area contributed by atoms with E-state index in [1.54, 1.807) is 20.3 Å². The molecule has 0 spiro atoms. The molecule has 2 aromatic heterocycles. The van der Waals surface area contributed by atoms with Crippen LogP contribution in [0, 0.1) is 5.92 Å². The van der Waals surface area contributed by atoms with Gasteiger partial charge in [-0.1, -0.05) is 54.8 Å². The highest BCUT2D eigenvalue weighted by molar-refractivity contribution is 5.86. The van der Waals surface area contributed by atoms with Gasteiger partial charge in [0.25, 0.3) is 5.89 Å². The molecule has 0 bridgehead atoms. The summed E-state index contributed by atoms with van der Waals surface area (Å²) in [5.74, 6) is 2.47. The smallest absolute Gasteiger partial charge is 0.263 e. The lowest BCUT2D eigenvalue weighted by molar-refractivity contribution is 0.321. The van der Waals surface area contributed by atoms with E-state index >= 15 is 0 Å². The number of rotatable bonds is 7. The molecular weight excluding hydrogens is 430 g/mol. The number of methoxy groups -OCH3 is 2. The van der Waals surface area contributed by atoms with E-state index in [2.05, 4.69) is 14.7 Å². The number of pyridine rings is 1. The molecular formula is C27H29N3O4. The first-order chi connectivity index (χ1) is 16.7. The quantitative estimate of drug-likeness (QED) is 0.376. The second kappa shape index (κ2) is 9.71. The highest BCUT2D eigenvalue weighted by Crippen LogP contribution is 2.33. The molecule has 0 N–H and O–H groups in total. The molecule has 1 aliphatic carbocycles. The van der Waals surface area contributed by atoms with Gasteiger partial charge in [0, 0.05) is 25.2 Å². The number of hydrogen-bond acceptors (Lipinski definition) is 6. The molecule has 5 rings (SSSR count). The van der Waals surface area contributed by atoms with Crippen molar-refractivity contribution in [1.29, 1.82) is 0 Å². The molecule has 176 valence electrons. The van der Waals surface area contributed by atoms with E-state index in [-0.39, 0.29) is 11.3 Å². The number of ether oxygens (including phenoxy) is 2. The Bertz CT molecular complexity index is 1340. The Morgan fingerprint density at radius 2 is 1.76 bits per heavy atom. The monoisotopic (exact) mass is 459 g/mol. The standard InChI is InChI=1S/C27H29N3O4/c1-32-23-14-20-22(15-24(23)33-2)30(16-19-11-7-4-8-12-19)17-21(26(20)31)27-28-25(29-34-27)13-18-9-5-3-6-10-18/h3,5-6,9-10,14-15,17,19H,4,7-8,11-13,16H2,1-2H3. The van der Waals surface area contributed by atoms with Crippen LogP contribution >= 0.6 is 0 Å². The average molecular weight is 460 g/mol. The van der Waals surface area contributed by atoms with Crippen LogP contribution in [0.15, 0.2) is 58.0 Å². The number of aromatic nitrogens is 3. The molecule has 0 unspecified atom stereocenters. The zero-order chi connectivity index (χ0) is 23.5. The van der Waals surface area contributed by atoms with E-state index in [0.717, 1.165) is 17.6 Å². The Balaban J connectivity index is 1.60. The van der Waals surface area contributed by atoms with Gasteiger partial charge in [-0.3, -0.25) is 4.79 Å². The summed E-state index contributed by atoms with van der Waals surface area (Å²) in [7, 11) is 3.18. The van der Waals surface area contributed by atoms with Crippen LogP contribution in [0.25, 0.3) is 22.4 Å². The predicted molar refractivity (Wildman–Crippen MR) is 130 cm³/mol. The molecule has 0 saturated heterocycles. The Labute approximate surface area is 198 Å². The van der Waals surface area contributed by atoms with Crippen LogP contribution < -0.4 is 14.9 Å². The molecule has 7 heteroatoms. The van der Waals surface area contributed by atoms with E-state index in [0.29, 0.717) is 40.6 Å². The molecule has 2 aromatic carbocycles. The third-order valence-corrected chi connectivity index (χ3v) is 6.67. The van der Waals surface area contributed by atoms with Crippen molar-refractivity contribution in [3.63, 3.8) is 0 Å². The maximum Gasteiger partial charge on any atom is 0.263 e. The summed E-state index contributed by atoms with van der Waals surface area (Å²) in [5.41, 5.74) is 2.15. The summed E-state index contributed by atoms with van der Waals surface area (Å²) < 4.78 is 18.7. The summed E-state index contributed by atoms with van der Waals surface area (Å²) in [4.78, 5) is 18.1. The van der Waals surface area contributed by atoms with Gasteiger partial charge in [-0.05, 0) is 30.4 Å². The second-order valence-corrected chi connectivity index (χ2v) is 8.93. The van der Waals surface area contributed by atoms with Crippen LogP contribution in [0.3, 0.4) is 0 Å². The van der Waals surface area contributed by atoms with Crippen molar-refractivity contribution in [2.45, 2.75) is 45.1 Å². The molecule has 34 heavy (non-hydrogen) atoms. The summed E-state index contributed by atoms with van der Waals surface area (Å²) >= 11 is 0. The van der Waals surface area contributed by atoms with Gasteiger partial charge in [0.1, 0.15) is 5.56 Å². The average Bonchev–Trinajstić information content (AvgIpc) is 3.34. The molecule has 2 heterocycles. The largest absolute Gasteiger partial charge is 0.493 e. The van der Waals surface area contributed by atoms with Crippen molar-refractivity contribution in [3.05, 3.63) is 70.3 Å². The normalized spacial score (nSPS) is 14.4. The number of benzene rings is 2. The molecule has 1 aliphatic rings. The second-order valence-electron chi connectivity index (χ2n) is 8.93. The fourth-order valence-electron chi connectivity index (χ4n) is 4.88. The SMILES string of the molecule is COc1cc2c(=O)c(-c3nc(Cc4ccccc4)no3)cn(CC3CCCCC3)c2cc1OC. The van der Waals surface area contributed by atoms with Gasteiger partial charge in [0.2, 0.25) is 5.43 Å². The first kappa shape index (κ1) is 22.2. The fraction of sp³-hybridized carbons (Fsp3) is 0.370. The number of hydrogen-bond donors (Lipinski definition) is 0. The Morgan fingerprint density at radius 1 is 1.03 bits per heavy atom. The molecule has 0 radical (unpaired) electrons. The van der Waals surface area contributed by atoms with Gasteiger partial charge < -0.3 is 18.6 Å². The summed E-state index contributed by atoms with van der Waals surface area (Å²) in [6.45, 7) is 0.824. The lowest BCUT2D eigenvalue weighted by Gasteiger charge is -2.24. The highest BCUT2D eigenvalue weighted by Gasteiger charge is 2.21. The summed E-state index contributed by atoms with van der Waals surface area (Å²) in [6, 6.07) is 13.6. The van der Waals surface area contributed by atoms with Gasteiger partial charge >= 0.3 is 0 Å². The Kier molecular flexibility index (Phi) is 6.34. The van der Waals surface area contributed by atoms with Crippen LogP contribution in [0.1, 0.15) is 43.5 Å². The zero-order valence-corrected chi connectivity index (χ0v) is 19.6. The van der Waals surface area contributed by atoms with Crippen molar-refractivity contribution in [1.82, 2.24) is 14.7 Å². The molecule has 0 amide bonds. The lowest BCUT2D eigenvalue weighted by atomic mass is 9.89. The Hall–Kier alpha value is -3.61. The van der Waals surface area contributed by atoms with Crippen LogP contribution in [0.2, 0.25) is 0 Å². The van der Waals surface area contributed by atoms with Gasteiger partial charge in [0.15, 0.2) is 17.3 Å². The molecule has 1 saturated carbocycles. The van der Waals surface area contributed by atoms with Crippen LogP contribution in [-0.2, 0) is 13.0 Å². The van der Waals surface area contributed by atoms with Gasteiger partial charge in [-0.15, -0.1) is 0 Å². The van der Waals surface area contributed by atoms with E-state index in [1.165, 1.54) is 32.1 Å². The van der Waals surface area contributed by atoms with E-state index < -0.39 is 0 Å². The van der Waals surface area contributed by atoms with Gasteiger partial charge in [-0.25, -0.2) is 0 Å². The maximum absolute atomic E-state index is 13.6. The topological polar surface area (TPSA) is 79.4 Å². The van der Waals surface area contributed by atoms with Crippen LogP contribution in [0.4, 0.5) is 0 Å². The third-order valence-electron chi connectivity index (χ3n) is 6.67. The lowest BCUT2D eigenvalue weighted by Crippen LogP contribution is -2.18. The van der Waals surface area contributed by atoms with Crippen molar-refractivity contribution >= 4 is 10.9 Å². The third kappa shape index (κ3) is 4.42. The minimum atomic E-state index is -0.161. The van der Waals surface area contributed by atoms with Crippen molar-refractivity contribution in [2.24, 2.45) is 5.92 Å². The molecule has 0 atom stereocenters. The first-order valence-corrected chi connectivity index (χ1v) is 11.8. The first-order valence-electron chi connectivity index (χ1n) is 11.8. The minimum absolute atomic E-state index is 0.161. The zero-order valence-electron chi connectivity index (χ0n) is 19.6. The number of nitrogens with zero attached hydrogens (tertiary/aromatic N) is 3. The van der Waals surface area contributed by atoms with E-state index in [9.17, 15) is 4.79 Å². The number of fused-ring (bicyclic) bond motifs is 1. The van der Waals surface area contributed by atoms with Crippen molar-refractivity contribution < 1.29 is 14.0 Å². The summed E-state index contributed by atoms with van der Waals surface area (Å²) in [5, 5.41) is 4.69. The molecule has 7 nitrogen and oxygen atoms in total. The van der Waals surface area contributed by atoms with Crippen LogP contribution in [-0.4, -0.2) is 28.9 Å². The minimum Gasteiger partial charge on any atom is -0.493 e.